The number of amides is 1. The average Bonchev–Trinajstić information content (AvgIpc) is 2.68. The zero-order valence-electron chi connectivity index (χ0n) is 15.9. The molecule has 1 saturated heterocycles. The average molecular weight is 379 g/mol. The van der Waals surface area contributed by atoms with Crippen molar-refractivity contribution in [1.29, 1.82) is 0 Å². The first kappa shape index (κ1) is 20.1. The number of cyclic esters (lactones) is 1. The van der Waals surface area contributed by atoms with E-state index < -0.39 is 24.4 Å². The van der Waals surface area contributed by atoms with Crippen LogP contribution in [0.1, 0.15) is 57.4 Å². The van der Waals surface area contributed by atoms with Crippen LogP contribution in [0.15, 0.2) is 24.3 Å². The number of aliphatic hydroxyl groups is 2. The predicted octanol–water partition coefficient (Wildman–Crippen LogP) is 3.58. The van der Waals surface area contributed by atoms with E-state index in [4.69, 9.17) is 4.74 Å². The van der Waals surface area contributed by atoms with Gasteiger partial charge < -0.3 is 19.8 Å². The van der Waals surface area contributed by atoms with Crippen LogP contribution in [-0.2, 0) is 10.3 Å². The van der Waals surface area contributed by atoms with Gasteiger partial charge in [0.25, 0.3) is 0 Å². The molecule has 2 aliphatic rings. The van der Waals surface area contributed by atoms with Gasteiger partial charge in [0.15, 0.2) is 0 Å². The van der Waals surface area contributed by atoms with E-state index in [0.717, 1.165) is 12.8 Å². The summed E-state index contributed by atoms with van der Waals surface area (Å²) < 4.78 is 19.2. The molecule has 1 aromatic carbocycles. The molecule has 3 rings (SSSR count). The number of carbonyl (C=O) groups excluding carboxylic acids is 1. The van der Waals surface area contributed by atoms with Gasteiger partial charge in [-0.1, -0.05) is 31.4 Å². The molecule has 0 spiro atoms. The van der Waals surface area contributed by atoms with Crippen LogP contribution in [0, 0.1) is 11.7 Å². The first-order valence-electron chi connectivity index (χ1n) is 10.00. The van der Waals surface area contributed by atoms with Crippen LogP contribution in [0.5, 0.6) is 0 Å². The van der Waals surface area contributed by atoms with Crippen LogP contribution in [-0.4, -0.2) is 46.5 Å². The van der Waals surface area contributed by atoms with Crippen molar-refractivity contribution in [3.8, 4) is 0 Å². The molecule has 0 bridgehead atoms. The number of hydrogen-bond donors (Lipinski definition) is 2. The third kappa shape index (κ3) is 4.43. The number of benzene rings is 1. The fourth-order valence-corrected chi connectivity index (χ4v) is 4.57. The van der Waals surface area contributed by atoms with Gasteiger partial charge in [0.1, 0.15) is 11.4 Å². The lowest BCUT2D eigenvalue weighted by Crippen LogP contribution is -2.53. The Morgan fingerprint density at radius 1 is 1.26 bits per heavy atom. The molecule has 6 heteroatoms. The lowest BCUT2D eigenvalue weighted by Gasteiger charge is -2.46. The largest absolute Gasteiger partial charge is 0.438 e. The zero-order chi connectivity index (χ0) is 19.4. The van der Waals surface area contributed by atoms with E-state index in [9.17, 15) is 19.4 Å². The van der Waals surface area contributed by atoms with Crippen LogP contribution in [0.3, 0.4) is 0 Å². The van der Waals surface area contributed by atoms with Crippen LogP contribution in [0.4, 0.5) is 9.18 Å². The van der Waals surface area contributed by atoms with E-state index in [1.165, 1.54) is 31.4 Å². The van der Waals surface area contributed by atoms with Crippen molar-refractivity contribution in [3.63, 3.8) is 0 Å². The Morgan fingerprint density at radius 3 is 2.52 bits per heavy atom. The molecule has 2 N–H and O–H groups in total. The Kier molecular flexibility index (Phi) is 6.37. The minimum atomic E-state index is -1.05. The lowest BCUT2D eigenvalue weighted by molar-refractivity contribution is -0.0929. The molecular formula is C21H30FNO4. The number of hydrogen-bond acceptors (Lipinski definition) is 4. The summed E-state index contributed by atoms with van der Waals surface area (Å²) in [5.74, 6) is 0.124. The van der Waals surface area contributed by atoms with Crippen molar-refractivity contribution in [1.82, 2.24) is 4.90 Å². The summed E-state index contributed by atoms with van der Waals surface area (Å²) in [5.41, 5.74) is -0.398. The quantitative estimate of drug-likeness (QED) is 0.793. The third-order valence-corrected chi connectivity index (χ3v) is 6.24. The Balaban J connectivity index is 1.79. The van der Waals surface area contributed by atoms with Crippen LogP contribution >= 0.6 is 0 Å². The van der Waals surface area contributed by atoms with E-state index in [-0.39, 0.29) is 18.3 Å². The zero-order valence-corrected chi connectivity index (χ0v) is 15.9. The topological polar surface area (TPSA) is 70.0 Å². The number of aliphatic hydroxyl groups excluding tert-OH is 2. The van der Waals surface area contributed by atoms with Gasteiger partial charge in [-0.3, -0.25) is 0 Å². The molecule has 1 aromatic rings. The highest BCUT2D eigenvalue weighted by molar-refractivity contribution is 5.70. The molecule has 1 aliphatic heterocycles. The maximum atomic E-state index is 13.4. The second-order valence-electron chi connectivity index (χ2n) is 7.99. The molecule has 27 heavy (non-hydrogen) atoms. The minimum Gasteiger partial charge on any atom is -0.438 e. The third-order valence-electron chi connectivity index (χ3n) is 6.24. The van der Waals surface area contributed by atoms with Crippen LogP contribution in [0.25, 0.3) is 0 Å². The monoisotopic (exact) mass is 379 g/mol. The van der Waals surface area contributed by atoms with Gasteiger partial charge in [0.05, 0.1) is 12.7 Å². The number of rotatable bonds is 6. The minimum absolute atomic E-state index is 0.0898. The SMILES string of the molecule is CC(C1CCCCC1)N1CCC(CC(O)CO)(c2ccc(F)cc2)OC1=O. The highest BCUT2D eigenvalue weighted by atomic mass is 19.1. The smallest absolute Gasteiger partial charge is 0.410 e. The molecule has 5 nitrogen and oxygen atoms in total. The highest BCUT2D eigenvalue weighted by Crippen LogP contribution is 2.40. The van der Waals surface area contributed by atoms with Gasteiger partial charge in [-0.2, -0.15) is 0 Å². The van der Waals surface area contributed by atoms with Crippen molar-refractivity contribution in [2.24, 2.45) is 5.92 Å². The van der Waals surface area contributed by atoms with E-state index in [2.05, 4.69) is 6.92 Å². The number of nitrogens with zero attached hydrogens (tertiary/aromatic N) is 1. The van der Waals surface area contributed by atoms with Crippen molar-refractivity contribution in [2.75, 3.05) is 13.2 Å². The molecule has 1 aliphatic carbocycles. The first-order chi connectivity index (χ1) is 12.9. The van der Waals surface area contributed by atoms with Gasteiger partial charge in [-0.05, 0) is 43.4 Å². The predicted molar refractivity (Wildman–Crippen MR) is 99.6 cm³/mol. The van der Waals surface area contributed by atoms with E-state index in [0.29, 0.717) is 24.4 Å². The summed E-state index contributed by atoms with van der Waals surface area (Å²) in [6, 6.07) is 5.95. The maximum Gasteiger partial charge on any atom is 0.410 e. The molecule has 0 aromatic heterocycles. The van der Waals surface area contributed by atoms with E-state index in [1.54, 1.807) is 17.0 Å². The van der Waals surface area contributed by atoms with Gasteiger partial charge in [-0.25, -0.2) is 9.18 Å². The fraction of sp³-hybridized carbons (Fsp3) is 0.667. The van der Waals surface area contributed by atoms with Crippen molar-refractivity contribution in [3.05, 3.63) is 35.6 Å². The molecule has 1 heterocycles. The summed E-state index contributed by atoms with van der Waals surface area (Å²) in [5, 5.41) is 19.3. The Hall–Kier alpha value is -1.66. The number of halogens is 1. The molecule has 1 amide bonds. The Bertz CT molecular complexity index is 632. The van der Waals surface area contributed by atoms with Crippen LogP contribution in [0.2, 0.25) is 0 Å². The highest BCUT2D eigenvalue weighted by Gasteiger charge is 2.45. The van der Waals surface area contributed by atoms with Crippen molar-refractivity contribution < 1.29 is 24.1 Å². The summed E-state index contributed by atoms with van der Waals surface area (Å²) in [6.45, 7) is 2.19. The number of ether oxygens (including phenoxy) is 1. The van der Waals surface area contributed by atoms with Crippen molar-refractivity contribution >= 4 is 6.09 Å². The first-order valence-corrected chi connectivity index (χ1v) is 10.00. The van der Waals surface area contributed by atoms with Crippen LogP contribution < -0.4 is 0 Å². The summed E-state index contributed by atoms with van der Waals surface area (Å²) in [6.07, 6.45) is 5.14. The molecule has 3 unspecified atom stereocenters. The summed E-state index contributed by atoms with van der Waals surface area (Å²) in [7, 11) is 0. The molecule has 1 saturated carbocycles. The van der Waals surface area contributed by atoms with Gasteiger partial charge >= 0.3 is 6.09 Å². The van der Waals surface area contributed by atoms with Gasteiger partial charge in [0.2, 0.25) is 0 Å². The summed E-state index contributed by atoms with van der Waals surface area (Å²) >= 11 is 0. The maximum absolute atomic E-state index is 13.4. The summed E-state index contributed by atoms with van der Waals surface area (Å²) in [4.78, 5) is 14.7. The Labute approximate surface area is 160 Å². The number of carbonyl (C=O) groups is 1. The molecule has 2 fully saturated rings. The molecule has 150 valence electrons. The standard InChI is InChI=1S/C21H30FNO4/c1-15(16-5-3-2-4-6-16)23-12-11-21(27-20(23)26,13-19(25)14-24)17-7-9-18(22)10-8-17/h7-10,15-16,19,24-25H,2-6,11-14H2,1H3. The second kappa shape index (κ2) is 8.57. The van der Waals surface area contributed by atoms with E-state index >= 15 is 0 Å². The normalized spacial score (nSPS) is 26.5. The second-order valence-corrected chi connectivity index (χ2v) is 7.99. The molecular weight excluding hydrogens is 349 g/mol. The molecule has 3 atom stereocenters. The van der Waals surface area contributed by atoms with Gasteiger partial charge in [-0.15, -0.1) is 0 Å². The van der Waals surface area contributed by atoms with E-state index in [1.807, 2.05) is 0 Å². The molecule has 0 radical (unpaired) electrons. The lowest BCUT2D eigenvalue weighted by atomic mass is 9.81. The Morgan fingerprint density at radius 2 is 1.93 bits per heavy atom. The fourth-order valence-electron chi connectivity index (χ4n) is 4.57. The van der Waals surface area contributed by atoms with Gasteiger partial charge in [0, 0.05) is 25.4 Å². The van der Waals surface area contributed by atoms with Crippen molar-refractivity contribution in [2.45, 2.75) is 69.6 Å².